The minimum absolute atomic E-state index is 0.0817. The first-order valence-electron chi connectivity index (χ1n) is 10.1. The first-order chi connectivity index (χ1) is 14.2. The Labute approximate surface area is 170 Å². The highest BCUT2D eigenvalue weighted by atomic mass is 16.2. The number of imidazole rings is 1. The number of aryl methyl sites for hydroxylation is 1. The molecule has 5 rings (SSSR count). The number of fused-ring (bicyclic) bond motifs is 1. The molecule has 144 valence electrons. The van der Waals surface area contributed by atoms with E-state index in [2.05, 4.69) is 60.0 Å². The highest BCUT2D eigenvalue weighted by Crippen LogP contribution is 2.34. The summed E-state index contributed by atoms with van der Waals surface area (Å²) in [6, 6.07) is 26.8. The average molecular weight is 381 g/mol. The number of hydrogen-bond donors (Lipinski definition) is 0. The highest BCUT2D eigenvalue weighted by molar-refractivity contribution is 5.97. The number of hydrogen-bond acceptors (Lipinski definition) is 2. The predicted octanol–water partition coefficient (Wildman–Crippen LogP) is 4.91. The Hall–Kier alpha value is -3.40. The molecular weight excluding hydrogens is 358 g/mol. The first-order valence-corrected chi connectivity index (χ1v) is 10.1. The van der Waals surface area contributed by atoms with Gasteiger partial charge in [-0.25, -0.2) is 4.98 Å². The summed E-state index contributed by atoms with van der Waals surface area (Å²) >= 11 is 0. The van der Waals surface area contributed by atoms with E-state index >= 15 is 0 Å². The molecule has 0 spiro atoms. The lowest BCUT2D eigenvalue weighted by Crippen LogP contribution is -2.25. The van der Waals surface area contributed by atoms with Gasteiger partial charge in [0.2, 0.25) is 5.91 Å². The second kappa shape index (κ2) is 7.21. The van der Waals surface area contributed by atoms with E-state index in [0.717, 1.165) is 34.7 Å². The molecule has 0 saturated carbocycles. The van der Waals surface area contributed by atoms with Crippen molar-refractivity contribution in [3.8, 4) is 0 Å². The van der Waals surface area contributed by atoms with E-state index in [1.165, 1.54) is 5.56 Å². The third-order valence-corrected chi connectivity index (χ3v) is 5.76. The quantitative estimate of drug-likeness (QED) is 0.504. The second-order valence-corrected chi connectivity index (χ2v) is 7.72. The van der Waals surface area contributed by atoms with Gasteiger partial charge < -0.3 is 9.47 Å². The van der Waals surface area contributed by atoms with E-state index < -0.39 is 0 Å². The van der Waals surface area contributed by atoms with E-state index in [4.69, 9.17) is 4.98 Å². The summed E-state index contributed by atoms with van der Waals surface area (Å²) in [6.07, 6.45) is 0.493. The molecule has 4 heteroatoms. The molecule has 1 aliphatic heterocycles. The molecule has 1 atom stereocenters. The number of carbonyl (C=O) groups is 1. The zero-order valence-corrected chi connectivity index (χ0v) is 16.5. The number of benzene rings is 3. The summed E-state index contributed by atoms with van der Waals surface area (Å²) in [5.74, 6) is 1.25. The molecule has 0 N–H and O–H groups in total. The molecule has 1 aliphatic rings. The van der Waals surface area contributed by atoms with Crippen LogP contribution in [0.25, 0.3) is 11.0 Å². The number of anilines is 1. The Morgan fingerprint density at radius 2 is 1.66 bits per heavy atom. The summed E-state index contributed by atoms with van der Waals surface area (Å²) in [5.41, 5.74) is 5.47. The summed E-state index contributed by atoms with van der Waals surface area (Å²) < 4.78 is 2.28. The number of para-hydroxylation sites is 3. The number of nitrogens with zero attached hydrogens (tertiary/aromatic N) is 3. The Morgan fingerprint density at radius 1 is 0.931 bits per heavy atom. The first kappa shape index (κ1) is 17.7. The molecule has 0 unspecified atom stereocenters. The van der Waals surface area contributed by atoms with Gasteiger partial charge in [-0.2, -0.15) is 0 Å². The number of rotatable bonds is 4. The van der Waals surface area contributed by atoms with E-state index in [1.807, 2.05) is 35.2 Å². The molecule has 0 aliphatic carbocycles. The molecule has 4 nitrogen and oxygen atoms in total. The van der Waals surface area contributed by atoms with Crippen molar-refractivity contribution in [1.82, 2.24) is 9.55 Å². The van der Waals surface area contributed by atoms with Crippen LogP contribution >= 0.6 is 0 Å². The van der Waals surface area contributed by atoms with Crippen molar-refractivity contribution < 1.29 is 4.79 Å². The summed E-state index contributed by atoms with van der Waals surface area (Å²) in [4.78, 5) is 19.8. The number of aromatic nitrogens is 2. The molecule has 4 aromatic rings. The third kappa shape index (κ3) is 3.21. The Balaban J connectivity index is 1.54. The third-order valence-electron chi connectivity index (χ3n) is 5.76. The van der Waals surface area contributed by atoms with Crippen molar-refractivity contribution in [2.75, 3.05) is 11.4 Å². The Morgan fingerprint density at radius 3 is 2.48 bits per heavy atom. The standard InChI is InChI=1S/C25H23N3O/c1-18-9-5-7-13-22(18)27-17-20(15-24(27)29)25-26-21-12-6-8-14-23(21)28(25)16-19-10-3-2-4-11-19/h2-14,20H,15-17H2,1H3/t20-/m1/s1. The topological polar surface area (TPSA) is 38.1 Å². The lowest BCUT2D eigenvalue weighted by atomic mass is 10.1. The van der Waals surface area contributed by atoms with Crippen LogP contribution in [0, 0.1) is 6.92 Å². The van der Waals surface area contributed by atoms with E-state index in [0.29, 0.717) is 13.0 Å². The maximum absolute atomic E-state index is 12.9. The van der Waals surface area contributed by atoms with Gasteiger partial charge >= 0.3 is 0 Å². The zero-order valence-electron chi connectivity index (χ0n) is 16.5. The van der Waals surface area contributed by atoms with Crippen molar-refractivity contribution in [2.45, 2.75) is 25.8 Å². The van der Waals surface area contributed by atoms with Crippen LogP contribution in [0.15, 0.2) is 78.9 Å². The molecule has 0 bridgehead atoms. The van der Waals surface area contributed by atoms with Crippen molar-refractivity contribution in [1.29, 1.82) is 0 Å². The van der Waals surface area contributed by atoms with Gasteiger partial charge in [0.1, 0.15) is 5.82 Å². The van der Waals surface area contributed by atoms with Gasteiger partial charge in [0.25, 0.3) is 0 Å². The van der Waals surface area contributed by atoms with E-state index in [9.17, 15) is 4.79 Å². The maximum atomic E-state index is 12.9. The van der Waals surface area contributed by atoms with Gasteiger partial charge in [-0.05, 0) is 36.2 Å². The lowest BCUT2D eigenvalue weighted by Gasteiger charge is -2.19. The molecule has 1 amide bonds. The Kier molecular flexibility index (Phi) is 4.39. The number of amides is 1. The van der Waals surface area contributed by atoms with E-state index in [1.54, 1.807) is 0 Å². The molecule has 3 aromatic carbocycles. The average Bonchev–Trinajstić information content (AvgIpc) is 3.30. The monoisotopic (exact) mass is 381 g/mol. The van der Waals surface area contributed by atoms with Crippen LogP contribution in [0.5, 0.6) is 0 Å². The van der Waals surface area contributed by atoms with Crippen LogP contribution in [0.3, 0.4) is 0 Å². The largest absolute Gasteiger partial charge is 0.323 e. The van der Waals surface area contributed by atoms with Crippen molar-refractivity contribution >= 4 is 22.6 Å². The van der Waals surface area contributed by atoms with Crippen LogP contribution in [0.2, 0.25) is 0 Å². The van der Waals surface area contributed by atoms with Crippen molar-refractivity contribution in [3.63, 3.8) is 0 Å². The van der Waals surface area contributed by atoms with Crippen LogP contribution in [-0.4, -0.2) is 22.0 Å². The molecule has 0 radical (unpaired) electrons. The molecule has 1 saturated heterocycles. The van der Waals surface area contributed by atoms with Crippen molar-refractivity contribution in [3.05, 3.63) is 95.8 Å². The fraction of sp³-hybridized carbons (Fsp3) is 0.200. The van der Waals surface area contributed by atoms with Gasteiger partial charge in [-0.15, -0.1) is 0 Å². The summed E-state index contributed by atoms with van der Waals surface area (Å²) in [5, 5.41) is 0. The maximum Gasteiger partial charge on any atom is 0.227 e. The van der Waals surface area contributed by atoms with Gasteiger partial charge in [-0.1, -0.05) is 60.7 Å². The minimum atomic E-state index is 0.0817. The molecule has 2 heterocycles. The fourth-order valence-corrected chi connectivity index (χ4v) is 4.32. The van der Waals surface area contributed by atoms with Gasteiger partial charge in [-0.3, -0.25) is 4.79 Å². The minimum Gasteiger partial charge on any atom is -0.323 e. The lowest BCUT2D eigenvalue weighted by molar-refractivity contribution is -0.117. The Bertz CT molecular complexity index is 1180. The van der Waals surface area contributed by atoms with Gasteiger partial charge in [0.05, 0.1) is 11.0 Å². The smallest absolute Gasteiger partial charge is 0.227 e. The van der Waals surface area contributed by atoms with Gasteiger partial charge in [0.15, 0.2) is 0 Å². The predicted molar refractivity (Wildman–Crippen MR) is 116 cm³/mol. The summed E-state index contributed by atoms with van der Waals surface area (Å²) in [7, 11) is 0. The molecular formula is C25H23N3O. The molecule has 1 fully saturated rings. The van der Waals surface area contributed by atoms with Crippen LogP contribution in [0.1, 0.15) is 29.3 Å². The summed E-state index contributed by atoms with van der Waals surface area (Å²) in [6.45, 7) is 3.48. The molecule has 29 heavy (non-hydrogen) atoms. The van der Waals surface area contributed by atoms with Crippen LogP contribution < -0.4 is 4.90 Å². The fourth-order valence-electron chi connectivity index (χ4n) is 4.32. The normalized spacial score (nSPS) is 16.7. The van der Waals surface area contributed by atoms with Crippen LogP contribution in [0.4, 0.5) is 5.69 Å². The van der Waals surface area contributed by atoms with Crippen molar-refractivity contribution in [2.24, 2.45) is 0 Å². The second-order valence-electron chi connectivity index (χ2n) is 7.72. The van der Waals surface area contributed by atoms with Gasteiger partial charge in [0, 0.05) is 31.1 Å². The van der Waals surface area contributed by atoms with Crippen LogP contribution in [-0.2, 0) is 11.3 Å². The zero-order chi connectivity index (χ0) is 19.8. The molecule has 1 aromatic heterocycles. The SMILES string of the molecule is Cc1ccccc1N1C[C@H](c2nc3ccccc3n2Cc2ccccc2)CC1=O. The van der Waals surface area contributed by atoms with E-state index in [-0.39, 0.29) is 11.8 Å². The number of carbonyl (C=O) groups excluding carboxylic acids is 1. The highest BCUT2D eigenvalue weighted by Gasteiger charge is 2.35.